The Morgan fingerprint density at radius 2 is 1.82 bits per heavy atom. The quantitative estimate of drug-likeness (QED) is 0.457. The first kappa shape index (κ1) is 10.9. The Hall–Kier alpha value is -0.0800. The summed E-state index contributed by atoms with van der Waals surface area (Å²) in [5.41, 5.74) is 5.41. The molecule has 0 aromatic carbocycles. The number of ether oxygens (including phenoxy) is 1. The average molecular weight is 159 g/mol. The number of hydrogen-bond acceptors (Lipinski definition) is 2. The zero-order valence-electron chi connectivity index (χ0n) is 7.81. The highest BCUT2D eigenvalue weighted by Crippen LogP contribution is 2.02. The summed E-state index contributed by atoms with van der Waals surface area (Å²) >= 11 is 0. The molecule has 0 radical (unpaired) electrons. The highest BCUT2D eigenvalue weighted by Gasteiger charge is 1.92. The van der Waals surface area contributed by atoms with Gasteiger partial charge >= 0.3 is 0 Å². The van der Waals surface area contributed by atoms with E-state index >= 15 is 0 Å². The number of rotatable bonds is 7. The van der Waals surface area contributed by atoms with Gasteiger partial charge in [-0.2, -0.15) is 0 Å². The molecule has 0 fully saturated rings. The van der Waals surface area contributed by atoms with E-state index in [4.69, 9.17) is 10.5 Å². The Bertz CT molecular complexity index is 74.0. The molecule has 68 valence electrons. The lowest BCUT2D eigenvalue weighted by Crippen LogP contribution is -2.19. The van der Waals surface area contributed by atoms with E-state index < -0.39 is 0 Å². The third-order valence-electron chi connectivity index (χ3n) is 1.63. The molecule has 0 saturated heterocycles. The largest absolute Gasteiger partial charge is 0.364 e. The fourth-order valence-electron chi connectivity index (χ4n) is 0.975. The van der Waals surface area contributed by atoms with Crippen molar-refractivity contribution in [2.75, 3.05) is 6.61 Å². The lowest BCUT2D eigenvalue weighted by Gasteiger charge is -2.06. The average Bonchev–Trinajstić information content (AvgIpc) is 1.96. The maximum absolute atomic E-state index is 5.41. The lowest BCUT2D eigenvalue weighted by atomic mass is 10.2. The van der Waals surface area contributed by atoms with E-state index in [0.717, 1.165) is 13.0 Å². The first-order valence-corrected chi connectivity index (χ1v) is 4.64. The minimum Gasteiger partial charge on any atom is -0.364 e. The van der Waals surface area contributed by atoms with Crippen LogP contribution in [0.5, 0.6) is 0 Å². The van der Waals surface area contributed by atoms with Crippen molar-refractivity contribution < 1.29 is 4.74 Å². The molecule has 0 aromatic heterocycles. The predicted molar refractivity (Wildman–Crippen MR) is 48.4 cm³/mol. The molecule has 2 heteroatoms. The smallest absolute Gasteiger partial charge is 0.102 e. The van der Waals surface area contributed by atoms with Crippen LogP contribution in [0.25, 0.3) is 0 Å². The fraction of sp³-hybridized carbons (Fsp3) is 1.00. The second-order valence-corrected chi connectivity index (χ2v) is 2.99. The van der Waals surface area contributed by atoms with E-state index in [2.05, 4.69) is 6.92 Å². The summed E-state index contributed by atoms with van der Waals surface area (Å²) < 4.78 is 5.20. The summed E-state index contributed by atoms with van der Waals surface area (Å²) in [7, 11) is 0. The van der Waals surface area contributed by atoms with E-state index in [0.29, 0.717) is 0 Å². The Morgan fingerprint density at radius 3 is 2.36 bits per heavy atom. The standard InChI is InChI=1S/C9H21NO/c1-3-4-5-6-7-8-11-9(2)10/h9H,3-8,10H2,1-2H3. The molecular weight excluding hydrogens is 138 g/mol. The normalized spacial score (nSPS) is 13.4. The van der Waals surface area contributed by atoms with Gasteiger partial charge in [0, 0.05) is 6.61 Å². The van der Waals surface area contributed by atoms with Gasteiger partial charge in [0.25, 0.3) is 0 Å². The van der Waals surface area contributed by atoms with Gasteiger partial charge in [0.1, 0.15) is 6.23 Å². The maximum atomic E-state index is 5.41. The van der Waals surface area contributed by atoms with Crippen LogP contribution < -0.4 is 5.73 Å². The van der Waals surface area contributed by atoms with Gasteiger partial charge in [-0.25, -0.2) is 0 Å². The van der Waals surface area contributed by atoms with Gasteiger partial charge in [-0.3, -0.25) is 0 Å². The third-order valence-corrected chi connectivity index (χ3v) is 1.63. The summed E-state index contributed by atoms with van der Waals surface area (Å²) in [6.45, 7) is 4.91. The minimum atomic E-state index is -0.0961. The monoisotopic (exact) mass is 159 g/mol. The Morgan fingerprint density at radius 1 is 1.18 bits per heavy atom. The lowest BCUT2D eigenvalue weighted by molar-refractivity contribution is 0.0677. The van der Waals surface area contributed by atoms with E-state index in [1.54, 1.807) is 0 Å². The van der Waals surface area contributed by atoms with Crippen molar-refractivity contribution in [2.24, 2.45) is 5.73 Å². The van der Waals surface area contributed by atoms with Crippen LogP contribution in [0.15, 0.2) is 0 Å². The first-order valence-electron chi connectivity index (χ1n) is 4.64. The summed E-state index contributed by atoms with van der Waals surface area (Å²) in [6.07, 6.45) is 6.31. The van der Waals surface area contributed by atoms with Gasteiger partial charge in [-0.05, 0) is 13.3 Å². The highest BCUT2D eigenvalue weighted by molar-refractivity contribution is 4.42. The number of hydrogen-bond donors (Lipinski definition) is 1. The molecule has 0 bridgehead atoms. The third kappa shape index (κ3) is 9.92. The van der Waals surface area contributed by atoms with Crippen LogP contribution >= 0.6 is 0 Å². The van der Waals surface area contributed by atoms with Gasteiger partial charge < -0.3 is 10.5 Å². The highest BCUT2D eigenvalue weighted by atomic mass is 16.5. The molecule has 11 heavy (non-hydrogen) atoms. The van der Waals surface area contributed by atoms with Crippen molar-refractivity contribution in [1.82, 2.24) is 0 Å². The zero-order chi connectivity index (χ0) is 8.53. The second-order valence-electron chi connectivity index (χ2n) is 2.99. The molecule has 0 aliphatic heterocycles. The van der Waals surface area contributed by atoms with Gasteiger partial charge in [-0.15, -0.1) is 0 Å². The molecule has 2 nitrogen and oxygen atoms in total. The molecule has 2 N–H and O–H groups in total. The Balaban J connectivity index is 2.80. The van der Waals surface area contributed by atoms with E-state index in [1.165, 1.54) is 25.7 Å². The van der Waals surface area contributed by atoms with Crippen molar-refractivity contribution in [3.05, 3.63) is 0 Å². The van der Waals surface area contributed by atoms with Crippen LogP contribution in [0.4, 0.5) is 0 Å². The maximum Gasteiger partial charge on any atom is 0.102 e. The summed E-state index contributed by atoms with van der Waals surface area (Å²) in [4.78, 5) is 0. The van der Waals surface area contributed by atoms with Crippen LogP contribution in [-0.2, 0) is 4.74 Å². The van der Waals surface area contributed by atoms with Crippen LogP contribution in [-0.4, -0.2) is 12.8 Å². The van der Waals surface area contributed by atoms with Crippen molar-refractivity contribution >= 4 is 0 Å². The molecule has 0 aromatic rings. The molecule has 0 spiro atoms. The number of nitrogens with two attached hydrogens (primary N) is 1. The molecule has 1 atom stereocenters. The molecule has 0 aliphatic carbocycles. The van der Waals surface area contributed by atoms with Gasteiger partial charge in [0.05, 0.1) is 0 Å². The van der Waals surface area contributed by atoms with Crippen molar-refractivity contribution in [1.29, 1.82) is 0 Å². The molecule has 0 amide bonds. The van der Waals surface area contributed by atoms with Gasteiger partial charge in [-0.1, -0.05) is 32.6 Å². The fourth-order valence-corrected chi connectivity index (χ4v) is 0.975. The molecule has 0 aliphatic rings. The first-order chi connectivity index (χ1) is 5.27. The van der Waals surface area contributed by atoms with Crippen LogP contribution in [0, 0.1) is 0 Å². The van der Waals surface area contributed by atoms with Crippen LogP contribution in [0.3, 0.4) is 0 Å². The van der Waals surface area contributed by atoms with Crippen LogP contribution in [0.2, 0.25) is 0 Å². The van der Waals surface area contributed by atoms with Gasteiger partial charge in [0.2, 0.25) is 0 Å². The zero-order valence-corrected chi connectivity index (χ0v) is 7.81. The van der Waals surface area contributed by atoms with Gasteiger partial charge in [0.15, 0.2) is 0 Å². The Kier molecular flexibility index (Phi) is 7.96. The molecular formula is C9H21NO. The minimum absolute atomic E-state index is 0.0961. The number of unbranched alkanes of at least 4 members (excludes halogenated alkanes) is 4. The molecule has 0 heterocycles. The summed E-state index contributed by atoms with van der Waals surface area (Å²) in [5.74, 6) is 0. The van der Waals surface area contributed by atoms with E-state index in [-0.39, 0.29) is 6.23 Å². The Labute approximate surface area is 70.1 Å². The van der Waals surface area contributed by atoms with Crippen LogP contribution in [0.1, 0.15) is 46.0 Å². The molecule has 1 unspecified atom stereocenters. The second kappa shape index (κ2) is 8.02. The van der Waals surface area contributed by atoms with Crippen molar-refractivity contribution in [3.63, 3.8) is 0 Å². The molecule has 0 rings (SSSR count). The van der Waals surface area contributed by atoms with Crippen molar-refractivity contribution in [2.45, 2.75) is 52.2 Å². The van der Waals surface area contributed by atoms with Crippen molar-refractivity contribution in [3.8, 4) is 0 Å². The summed E-state index contributed by atoms with van der Waals surface area (Å²) in [5, 5.41) is 0. The molecule has 0 saturated carbocycles. The van der Waals surface area contributed by atoms with E-state index in [1.807, 2.05) is 6.92 Å². The SMILES string of the molecule is CCCCCCCOC(C)N. The topological polar surface area (TPSA) is 35.2 Å². The predicted octanol–water partition coefficient (Wildman–Crippen LogP) is 2.28. The summed E-state index contributed by atoms with van der Waals surface area (Å²) in [6, 6.07) is 0. The van der Waals surface area contributed by atoms with E-state index in [9.17, 15) is 0 Å².